The van der Waals surface area contributed by atoms with Crippen molar-refractivity contribution in [3.05, 3.63) is 10.4 Å². The first-order valence-corrected chi connectivity index (χ1v) is 12.3. The van der Waals surface area contributed by atoms with E-state index in [1.54, 1.807) is 86.6 Å². The summed E-state index contributed by atoms with van der Waals surface area (Å²) in [5.74, 6) is 0. The zero-order valence-corrected chi connectivity index (χ0v) is 23.9. The minimum Gasteiger partial charge on any atom is -0.622 e. The smallest absolute Gasteiger partial charge is 0.410 e. The summed E-state index contributed by atoms with van der Waals surface area (Å²) >= 11 is 0. The Morgan fingerprint density at radius 2 is 0.947 bits per heavy atom. The van der Waals surface area contributed by atoms with Gasteiger partial charge in [0.05, 0.1) is 0 Å². The molecule has 1 aliphatic rings. The third kappa shape index (κ3) is 9.05. The predicted molar refractivity (Wildman–Crippen MR) is 140 cm³/mol. The van der Waals surface area contributed by atoms with E-state index >= 15 is 0 Å². The molecule has 1 aliphatic carbocycles. The van der Waals surface area contributed by atoms with Crippen molar-refractivity contribution >= 4 is 22.8 Å². The highest BCUT2D eigenvalue weighted by molar-refractivity contribution is 6.50. The highest BCUT2D eigenvalue weighted by Gasteiger charge is 2.39. The lowest BCUT2D eigenvalue weighted by Crippen LogP contribution is -2.43. The molecule has 0 atom stereocenters. The Balaban J connectivity index is 0.000000726. The fourth-order valence-corrected chi connectivity index (χ4v) is 3.32. The summed E-state index contributed by atoms with van der Waals surface area (Å²) in [6, 6.07) is 6.73. The number of nitrogens with zero attached hydrogens (tertiary/aromatic N) is 8. The van der Waals surface area contributed by atoms with Crippen molar-refractivity contribution in [1.29, 1.82) is 21.0 Å². The molecular formula is C26H40N8O4+2. The third-order valence-corrected chi connectivity index (χ3v) is 5.49. The Morgan fingerprint density at radius 1 is 0.605 bits per heavy atom. The van der Waals surface area contributed by atoms with E-state index in [1.165, 1.54) is 0 Å². The molecule has 0 aromatic rings. The molecule has 0 saturated heterocycles. The molecule has 0 bridgehead atoms. The highest BCUT2D eigenvalue weighted by atomic mass is 16.5. The van der Waals surface area contributed by atoms with E-state index < -0.39 is 22.3 Å². The Kier molecular flexibility index (Phi) is 11.9. The maximum atomic E-state index is 12.1. The van der Waals surface area contributed by atoms with Crippen LogP contribution in [0.2, 0.25) is 0 Å². The van der Waals surface area contributed by atoms with E-state index in [0.29, 0.717) is 14.2 Å². The highest BCUT2D eigenvalue weighted by Crippen LogP contribution is 2.20. The second-order valence-electron chi connectivity index (χ2n) is 11.9. The van der Waals surface area contributed by atoms with Crippen LogP contribution in [0.4, 0.5) is 0 Å². The van der Waals surface area contributed by atoms with Gasteiger partial charge in [-0.3, -0.25) is 10.4 Å². The van der Waals surface area contributed by atoms with E-state index in [0.717, 1.165) is 36.8 Å². The molecule has 1 rings (SSSR count). The van der Waals surface area contributed by atoms with Crippen LogP contribution in [0, 0.1) is 55.7 Å². The van der Waals surface area contributed by atoms with Crippen LogP contribution in [-0.2, 0) is 0 Å². The first-order valence-electron chi connectivity index (χ1n) is 12.3. The first kappa shape index (κ1) is 33.8. The van der Waals surface area contributed by atoms with Crippen LogP contribution < -0.4 is 0 Å². The van der Waals surface area contributed by atoms with Crippen LogP contribution in [0.25, 0.3) is 0 Å². The molecule has 38 heavy (non-hydrogen) atoms. The molecular weight excluding hydrogens is 488 g/mol. The van der Waals surface area contributed by atoms with Crippen LogP contribution in [0.15, 0.2) is 0 Å². The van der Waals surface area contributed by atoms with Crippen molar-refractivity contribution in [2.75, 3.05) is 0 Å². The number of hydrogen-bond donors (Lipinski definition) is 2. The van der Waals surface area contributed by atoms with Gasteiger partial charge in [0.1, 0.15) is 0 Å². The lowest BCUT2D eigenvalue weighted by Gasteiger charge is -2.19. The molecule has 206 valence electrons. The van der Waals surface area contributed by atoms with Crippen LogP contribution in [-0.4, -0.2) is 74.9 Å². The van der Waals surface area contributed by atoms with E-state index in [1.807, 2.05) is 0 Å². The molecule has 0 heterocycles. The number of hydroxylamine groups is 4. The number of rotatable bonds is 3. The van der Waals surface area contributed by atoms with Gasteiger partial charge >= 0.3 is 22.8 Å². The van der Waals surface area contributed by atoms with E-state index in [4.69, 9.17) is 10.5 Å². The summed E-state index contributed by atoms with van der Waals surface area (Å²) in [5, 5.41) is 80.7. The van der Waals surface area contributed by atoms with Crippen molar-refractivity contribution in [3.63, 3.8) is 0 Å². The van der Waals surface area contributed by atoms with Gasteiger partial charge in [0, 0.05) is 79.9 Å². The summed E-state index contributed by atoms with van der Waals surface area (Å²) in [6.45, 7) is 14.8. The topological polar surface area (TPSA) is 194 Å². The minimum atomic E-state index is -0.869. The monoisotopic (exact) mass is 528 g/mol. The van der Waals surface area contributed by atoms with E-state index in [9.17, 15) is 31.4 Å². The number of hydrogen-bond acceptors (Lipinski definition) is 8. The molecule has 12 heteroatoms. The molecule has 0 amide bonds. The number of nitriles is 4. The van der Waals surface area contributed by atoms with Crippen molar-refractivity contribution in [3.8, 4) is 24.3 Å². The first-order chi connectivity index (χ1) is 17.3. The quantitative estimate of drug-likeness (QED) is 0.183. The van der Waals surface area contributed by atoms with E-state index in [2.05, 4.69) is 0 Å². The maximum Gasteiger partial charge on any atom is 0.410 e. The summed E-state index contributed by atoms with van der Waals surface area (Å²) in [5.41, 5.74) is -3.85. The molecule has 1 saturated carbocycles. The third-order valence-electron chi connectivity index (χ3n) is 5.49. The second-order valence-corrected chi connectivity index (χ2v) is 11.9. The van der Waals surface area contributed by atoms with Crippen molar-refractivity contribution in [2.24, 2.45) is 0 Å². The fourth-order valence-electron chi connectivity index (χ4n) is 3.32. The van der Waals surface area contributed by atoms with Gasteiger partial charge in [-0.1, -0.05) is 6.42 Å². The Morgan fingerprint density at radius 3 is 1.24 bits per heavy atom. The van der Waals surface area contributed by atoms with Gasteiger partial charge in [-0.05, 0) is 17.6 Å². The second kappa shape index (κ2) is 13.4. The molecule has 2 N–H and O–H groups in total. The van der Waals surface area contributed by atoms with Gasteiger partial charge in [-0.25, -0.2) is 0 Å². The van der Waals surface area contributed by atoms with Gasteiger partial charge in [-0.2, -0.15) is 30.5 Å². The van der Waals surface area contributed by atoms with Crippen LogP contribution in [0.3, 0.4) is 0 Å². The summed E-state index contributed by atoms with van der Waals surface area (Å²) in [7, 11) is 0. The average Bonchev–Trinajstić information content (AvgIpc) is 2.83. The van der Waals surface area contributed by atoms with Crippen LogP contribution in [0.5, 0.6) is 0 Å². The summed E-state index contributed by atoms with van der Waals surface area (Å²) in [6.07, 6.45) is 4.58. The standard InChI is InChI=1S/C14H21N4O2.C12H19N4O2/c1-14(2,3)18(20)13(10-16)12(9-15)17(19)11-7-5-4-6-8-11;1-11(2,3)15(17)9(7-13)10(8-14)16(18)12(4,5)6/h11,19H,4-8H2,1-3H3;17H,1-6H3/q2*+1/b17-12-,18-13-;15-9-,16-10-. The molecule has 0 spiro atoms. The molecule has 0 radical (unpaired) electrons. The van der Waals surface area contributed by atoms with Crippen molar-refractivity contribution < 1.29 is 29.4 Å². The summed E-state index contributed by atoms with van der Waals surface area (Å²) < 4.78 is 2.37. The van der Waals surface area contributed by atoms with Gasteiger partial charge in [-0.15, -0.1) is 0 Å². The Labute approximate surface area is 225 Å². The van der Waals surface area contributed by atoms with Crippen LogP contribution >= 0.6 is 0 Å². The average molecular weight is 529 g/mol. The van der Waals surface area contributed by atoms with Gasteiger partial charge < -0.3 is 10.4 Å². The Bertz CT molecular complexity index is 1130. The zero-order chi connectivity index (χ0) is 30.1. The van der Waals surface area contributed by atoms with E-state index in [-0.39, 0.29) is 23.2 Å². The molecule has 0 aliphatic heterocycles. The fraction of sp³-hybridized carbons (Fsp3) is 0.692. The van der Waals surface area contributed by atoms with Crippen molar-refractivity contribution in [1.82, 2.24) is 0 Å². The molecule has 12 nitrogen and oxygen atoms in total. The lowest BCUT2D eigenvalue weighted by molar-refractivity contribution is -0.818. The Hall–Kier alpha value is -4.16. The molecule has 0 aromatic carbocycles. The van der Waals surface area contributed by atoms with Gasteiger partial charge in [0.25, 0.3) is 0 Å². The van der Waals surface area contributed by atoms with Gasteiger partial charge in [0.2, 0.25) is 11.6 Å². The van der Waals surface area contributed by atoms with Crippen molar-refractivity contribution in [2.45, 2.75) is 117 Å². The summed E-state index contributed by atoms with van der Waals surface area (Å²) in [4.78, 5) is 0. The molecule has 1 fully saturated rings. The van der Waals surface area contributed by atoms with Crippen LogP contribution in [0.1, 0.15) is 94.4 Å². The predicted octanol–water partition coefficient (Wildman–Crippen LogP) is 3.38. The maximum absolute atomic E-state index is 12.1. The molecule has 0 aromatic heterocycles. The largest absolute Gasteiger partial charge is 0.622 e. The minimum absolute atomic E-state index is 0.199. The van der Waals surface area contributed by atoms with Gasteiger partial charge in [0.15, 0.2) is 35.4 Å². The normalized spacial score (nSPS) is 17.4. The SMILES string of the molecule is CC(C)(C)/[N+]([O-])=C(C#N)/C(C#N)=[N+](\O)C(C)(C)C.CC(C)(C)/[N+]([O-])=C(C#N)/C(C#N)=[N+](\O)C1CCCCC1. The molecule has 0 unspecified atom stereocenters. The lowest BCUT2D eigenvalue weighted by atomic mass is 9.95. The zero-order valence-electron chi connectivity index (χ0n) is 23.9.